The standard InChI is InChI=1S/C11H15N3O5S/c1-7-4-9(14-19-7)13-10(16)2-3-20-5-8(11(17)18)12-6-15/h4,6,8H,2-3,5H2,1H3,(H,12,15)(H,17,18)(H,13,14,16). The number of aliphatic carboxylic acids is 1. The van der Waals surface area contributed by atoms with E-state index in [1.807, 2.05) is 0 Å². The van der Waals surface area contributed by atoms with E-state index in [1.54, 1.807) is 13.0 Å². The van der Waals surface area contributed by atoms with Gasteiger partial charge in [-0.2, -0.15) is 11.8 Å². The van der Waals surface area contributed by atoms with Gasteiger partial charge in [0.1, 0.15) is 11.8 Å². The number of amides is 2. The second kappa shape index (κ2) is 8.20. The molecular weight excluding hydrogens is 286 g/mol. The number of hydrogen-bond acceptors (Lipinski definition) is 6. The van der Waals surface area contributed by atoms with Gasteiger partial charge in [-0.25, -0.2) is 4.79 Å². The van der Waals surface area contributed by atoms with Crippen LogP contribution in [-0.4, -0.2) is 46.1 Å². The van der Waals surface area contributed by atoms with Crippen molar-refractivity contribution in [2.75, 3.05) is 16.8 Å². The molecule has 1 atom stereocenters. The lowest BCUT2D eigenvalue weighted by Crippen LogP contribution is -2.37. The summed E-state index contributed by atoms with van der Waals surface area (Å²) in [7, 11) is 0. The number of aromatic nitrogens is 1. The van der Waals surface area contributed by atoms with Crippen LogP contribution in [0.15, 0.2) is 10.6 Å². The predicted octanol–water partition coefficient (Wildman–Crippen LogP) is 0.244. The van der Waals surface area contributed by atoms with Gasteiger partial charge in [-0.1, -0.05) is 5.16 Å². The fourth-order valence-electron chi connectivity index (χ4n) is 1.27. The molecule has 0 fully saturated rings. The van der Waals surface area contributed by atoms with Crippen LogP contribution in [0.25, 0.3) is 0 Å². The van der Waals surface area contributed by atoms with Crippen LogP contribution in [0.1, 0.15) is 12.2 Å². The second-order valence-electron chi connectivity index (χ2n) is 3.87. The fourth-order valence-corrected chi connectivity index (χ4v) is 2.24. The van der Waals surface area contributed by atoms with Crippen LogP contribution in [-0.2, 0) is 14.4 Å². The minimum atomic E-state index is -1.10. The molecule has 0 aliphatic carbocycles. The van der Waals surface area contributed by atoms with Crippen LogP contribution < -0.4 is 10.6 Å². The SMILES string of the molecule is Cc1cc(NC(=O)CCSCC(NC=O)C(=O)O)no1. The van der Waals surface area contributed by atoms with Crippen molar-refractivity contribution >= 4 is 35.9 Å². The first kappa shape index (κ1) is 16.0. The maximum absolute atomic E-state index is 11.5. The molecule has 2 amide bonds. The molecule has 1 rings (SSSR count). The third-order valence-electron chi connectivity index (χ3n) is 2.22. The molecular formula is C11H15N3O5S. The Morgan fingerprint density at radius 3 is 2.90 bits per heavy atom. The van der Waals surface area contributed by atoms with Crippen LogP contribution in [0.2, 0.25) is 0 Å². The summed E-state index contributed by atoms with van der Waals surface area (Å²) < 4.78 is 4.80. The van der Waals surface area contributed by atoms with Crippen molar-refractivity contribution in [3.05, 3.63) is 11.8 Å². The molecule has 0 bridgehead atoms. The Kier molecular flexibility index (Phi) is 6.57. The predicted molar refractivity (Wildman–Crippen MR) is 72.4 cm³/mol. The Balaban J connectivity index is 2.21. The first-order valence-electron chi connectivity index (χ1n) is 5.76. The average Bonchev–Trinajstić information content (AvgIpc) is 2.78. The van der Waals surface area contributed by atoms with E-state index in [-0.39, 0.29) is 18.1 Å². The quantitative estimate of drug-likeness (QED) is 0.441. The van der Waals surface area contributed by atoms with E-state index in [9.17, 15) is 14.4 Å². The molecule has 1 aromatic heterocycles. The van der Waals surface area contributed by atoms with Gasteiger partial charge in [-0.05, 0) is 6.92 Å². The number of nitrogens with zero attached hydrogens (tertiary/aromatic N) is 1. The molecule has 0 saturated carbocycles. The minimum absolute atomic E-state index is 0.199. The van der Waals surface area contributed by atoms with Crippen LogP contribution in [0.4, 0.5) is 5.82 Å². The Hall–Kier alpha value is -2.03. The summed E-state index contributed by atoms with van der Waals surface area (Å²) in [4.78, 5) is 32.5. The van der Waals surface area contributed by atoms with E-state index in [0.29, 0.717) is 23.7 Å². The normalized spacial score (nSPS) is 11.7. The Labute approximate surface area is 119 Å². The van der Waals surface area contributed by atoms with Crippen molar-refractivity contribution < 1.29 is 24.0 Å². The number of carbonyl (C=O) groups is 3. The van der Waals surface area contributed by atoms with E-state index in [0.717, 1.165) is 0 Å². The molecule has 8 nitrogen and oxygen atoms in total. The highest BCUT2D eigenvalue weighted by Gasteiger charge is 2.16. The second-order valence-corrected chi connectivity index (χ2v) is 5.02. The number of carboxylic acids is 1. The number of nitrogens with one attached hydrogen (secondary N) is 2. The lowest BCUT2D eigenvalue weighted by molar-refractivity contribution is -0.139. The molecule has 1 aromatic rings. The number of rotatable bonds is 9. The topological polar surface area (TPSA) is 122 Å². The van der Waals surface area contributed by atoms with E-state index in [4.69, 9.17) is 9.63 Å². The number of anilines is 1. The molecule has 0 saturated heterocycles. The van der Waals surface area contributed by atoms with Crippen molar-refractivity contribution in [1.29, 1.82) is 0 Å². The monoisotopic (exact) mass is 301 g/mol. The van der Waals surface area contributed by atoms with Gasteiger partial charge in [-0.15, -0.1) is 0 Å². The van der Waals surface area contributed by atoms with E-state index >= 15 is 0 Å². The summed E-state index contributed by atoms with van der Waals surface area (Å²) in [6.07, 6.45) is 0.558. The van der Waals surface area contributed by atoms with Gasteiger partial charge in [0.05, 0.1) is 0 Å². The van der Waals surface area contributed by atoms with Crippen molar-refractivity contribution in [1.82, 2.24) is 10.5 Å². The summed E-state index contributed by atoms with van der Waals surface area (Å²) in [6.45, 7) is 1.71. The van der Waals surface area contributed by atoms with Crippen molar-refractivity contribution in [2.24, 2.45) is 0 Å². The highest BCUT2D eigenvalue weighted by Crippen LogP contribution is 2.09. The van der Waals surface area contributed by atoms with Gasteiger partial charge < -0.3 is 20.3 Å². The van der Waals surface area contributed by atoms with Crippen LogP contribution in [0, 0.1) is 6.92 Å². The third kappa shape index (κ3) is 5.74. The zero-order valence-electron chi connectivity index (χ0n) is 10.8. The zero-order chi connectivity index (χ0) is 15.0. The molecule has 1 unspecified atom stereocenters. The van der Waals surface area contributed by atoms with Crippen LogP contribution >= 0.6 is 11.8 Å². The Morgan fingerprint density at radius 2 is 2.35 bits per heavy atom. The van der Waals surface area contributed by atoms with Gasteiger partial charge in [0.15, 0.2) is 5.82 Å². The third-order valence-corrected chi connectivity index (χ3v) is 3.28. The van der Waals surface area contributed by atoms with Gasteiger partial charge >= 0.3 is 5.97 Å². The average molecular weight is 301 g/mol. The van der Waals surface area contributed by atoms with E-state index in [1.165, 1.54) is 11.8 Å². The van der Waals surface area contributed by atoms with Gasteiger partial charge in [0.25, 0.3) is 0 Å². The highest BCUT2D eigenvalue weighted by atomic mass is 32.2. The van der Waals surface area contributed by atoms with Gasteiger partial charge in [0.2, 0.25) is 12.3 Å². The molecule has 0 spiro atoms. The highest BCUT2D eigenvalue weighted by molar-refractivity contribution is 7.99. The summed E-state index contributed by atoms with van der Waals surface area (Å²) in [6, 6.07) is 0.651. The molecule has 20 heavy (non-hydrogen) atoms. The molecule has 1 heterocycles. The molecule has 0 aromatic carbocycles. The number of carbonyl (C=O) groups excluding carboxylic acids is 2. The van der Waals surface area contributed by atoms with Crippen molar-refractivity contribution in [3.8, 4) is 0 Å². The lowest BCUT2D eigenvalue weighted by Gasteiger charge is -2.10. The summed E-state index contributed by atoms with van der Waals surface area (Å²) >= 11 is 1.27. The first-order valence-corrected chi connectivity index (χ1v) is 6.92. The maximum Gasteiger partial charge on any atom is 0.327 e. The molecule has 110 valence electrons. The minimum Gasteiger partial charge on any atom is -0.480 e. The molecule has 0 aliphatic heterocycles. The maximum atomic E-state index is 11.5. The summed E-state index contributed by atoms with van der Waals surface area (Å²) in [5.74, 6) is 0.243. The molecule has 9 heteroatoms. The van der Waals surface area contributed by atoms with Crippen LogP contribution in [0.5, 0.6) is 0 Å². The molecule has 3 N–H and O–H groups in total. The number of carboxylic acid groups (broad SMARTS) is 1. The summed E-state index contributed by atoms with van der Waals surface area (Å²) in [5, 5.41) is 17.1. The number of thioether (sulfide) groups is 1. The Morgan fingerprint density at radius 1 is 1.60 bits per heavy atom. The largest absolute Gasteiger partial charge is 0.480 e. The molecule has 0 radical (unpaired) electrons. The van der Waals surface area contributed by atoms with Crippen molar-refractivity contribution in [3.63, 3.8) is 0 Å². The van der Waals surface area contributed by atoms with Gasteiger partial charge in [0, 0.05) is 24.0 Å². The fraction of sp³-hybridized carbons (Fsp3) is 0.455. The summed E-state index contributed by atoms with van der Waals surface area (Å²) in [5.41, 5.74) is 0. The smallest absolute Gasteiger partial charge is 0.327 e. The Bertz CT molecular complexity index is 476. The van der Waals surface area contributed by atoms with Gasteiger partial charge in [-0.3, -0.25) is 9.59 Å². The van der Waals surface area contributed by atoms with Crippen LogP contribution in [0.3, 0.4) is 0 Å². The number of aryl methyl sites for hydroxylation is 1. The van der Waals surface area contributed by atoms with E-state index in [2.05, 4.69) is 15.8 Å². The lowest BCUT2D eigenvalue weighted by atomic mass is 10.3. The van der Waals surface area contributed by atoms with Crippen molar-refractivity contribution in [2.45, 2.75) is 19.4 Å². The zero-order valence-corrected chi connectivity index (χ0v) is 11.6. The number of hydrogen-bond donors (Lipinski definition) is 3. The first-order chi connectivity index (χ1) is 9.52. The van der Waals surface area contributed by atoms with E-state index < -0.39 is 12.0 Å². The molecule has 0 aliphatic rings.